The quantitative estimate of drug-likeness (QED) is 0.458. The molecule has 0 bridgehead atoms. The number of hydrogen-bond acceptors (Lipinski definition) is 7. The van der Waals surface area contributed by atoms with Crippen LogP contribution in [-0.2, 0) is 17.8 Å². The fourth-order valence-electron chi connectivity index (χ4n) is 3.06. The van der Waals surface area contributed by atoms with Gasteiger partial charge in [-0.3, -0.25) is 4.57 Å². The van der Waals surface area contributed by atoms with Crippen LogP contribution < -0.4 is 21.5 Å². The Balaban J connectivity index is 1.82. The first kappa shape index (κ1) is 21.8. The molecule has 0 saturated heterocycles. The van der Waals surface area contributed by atoms with Crippen LogP contribution in [0.25, 0.3) is 11.2 Å². The molecule has 0 atom stereocenters. The number of hydrogen-bond donors (Lipinski definition) is 3. The van der Waals surface area contributed by atoms with Gasteiger partial charge in [-0.05, 0) is 16.5 Å². The van der Waals surface area contributed by atoms with Gasteiger partial charge in [-0.1, -0.05) is 45.0 Å². The molecule has 9 heteroatoms. The summed E-state index contributed by atoms with van der Waals surface area (Å²) in [6.45, 7) is 9.32. The van der Waals surface area contributed by atoms with Crippen molar-refractivity contribution in [2.75, 3.05) is 32.6 Å². The van der Waals surface area contributed by atoms with E-state index in [1.54, 1.807) is 7.11 Å². The third-order valence-corrected chi connectivity index (χ3v) is 4.47. The van der Waals surface area contributed by atoms with E-state index >= 15 is 0 Å². The summed E-state index contributed by atoms with van der Waals surface area (Å²) in [5.41, 5.74) is 8.89. The Morgan fingerprint density at radius 1 is 1.20 bits per heavy atom. The monoisotopic (exact) mass is 414 g/mol. The molecule has 0 spiro atoms. The van der Waals surface area contributed by atoms with E-state index in [9.17, 15) is 4.79 Å². The Kier molecular flexibility index (Phi) is 6.73. The summed E-state index contributed by atoms with van der Waals surface area (Å²) in [5.74, 6) is 0.170. The Hall–Kier alpha value is -2.91. The van der Waals surface area contributed by atoms with Crippen LogP contribution in [0, 0.1) is 5.41 Å². The van der Waals surface area contributed by atoms with Crippen LogP contribution in [0.15, 0.2) is 29.1 Å². The van der Waals surface area contributed by atoms with Crippen LogP contribution in [-0.4, -0.2) is 46.4 Å². The lowest BCUT2D eigenvalue weighted by atomic mass is 9.97. The number of rotatable bonds is 9. The first-order chi connectivity index (χ1) is 14.3. The van der Waals surface area contributed by atoms with E-state index in [2.05, 4.69) is 53.2 Å². The van der Waals surface area contributed by atoms with E-state index in [0.29, 0.717) is 30.9 Å². The van der Waals surface area contributed by atoms with Crippen molar-refractivity contribution < 1.29 is 9.47 Å². The maximum Gasteiger partial charge on any atom is 0.328 e. The molecular formula is C21H30N6O3. The zero-order valence-electron chi connectivity index (χ0n) is 18.0. The van der Waals surface area contributed by atoms with Gasteiger partial charge in [0.15, 0.2) is 11.5 Å². The third kappa shape index (κ3) is 5.58. The molecule has 3 aromatic rings. The summed E-state index contributed by atoms with van der Waals surface area (Å²) in [6.07, 6.45) is 0. The largest absolute Gasteiger partial charge is 0.461 e. The van der Waals surface area contributed by atoms with E-state index in [1.807, 2.05) is 12.1 Å². The maximum absolute atomic E-state index is 12.5. The number of nitrogen functional groups attached to an aromatic ring is 1. The highest BCUT2D eigenvalue weighted by molar-refractivity contribution is 5.81. The lowest BCUT2D eigenvalue weighted by Gasteiger charge is -2.19. The number of fused-ring (bicyclic) bond motifs is 1. The fraction of sp³-hybridized carbons (Fsp3) is 0.476. The normalized spacial score (nSPS) is 11.9. The van der Waals surface area contributed by atoms with Crippen molar-refractivity contribution in [3.63, 3.8) is 0 Å². The van der Waals surface area contributed by atoms with Gasteiger partial charge in [0.05, 0.1) is 13.2 Å². The number of anilines is 1. The average molecular weight is 415 g/mol. The van der Waals surface area contributed by atoms with Crippen molar-refractivity contribution in [1.29, 1.82) is 0 Å². The van der Waals surface area contributed by atoms with Gasteiger partial charge in [0.1, 0.15) is 12.1 Å². The molecule has 3 rings (SSSR count). The molecule has 162 valence electrons. The summed E-state index contributed by atoms with van der Waals surface area (Å²) in [5, 5.41) is 3.47. The average Bonchev–Trinajstić information content (AvgIpc) is 2.98. The second-order valence-electron chi connectivity index (χ2n) is 8.43. The first-order valence-corrected chi connectivity index (χ1v) is 9.93. The number of ether oxygens (including phenoxy) is 2. The molecule has 0 amide bonds. The van der Waals surface area contributed by atoms with Gasteiger partial charge in [-0.15, -0.1) is 0 Å². The molecule has 1 aromatic carbocycles. The van der Waals surface area contributed by atoms with E-state index in [4.69, 9.17) is 15.2 Å². The highest BCUT2D eigenvalue weighted by Gasteiger charge is 2.15. The van der Waals surface area contributed by atoms with Gasteiger partial charge in [0, 0.05) is 20.2 Å². The minimum absolute atomic E-state index is 0.116. The number of imidazole rings is 1. The minimum Gasteiger partial charge on any atom is -0.461 e. The van der Waals surface area contributed by atoms with Crippen molar-refractivity contribution in [2.24, 2.45) is 5.41 Å². The molecule has 0 aliphatic heterocycles. The molecule has 0 saturated carbocycles. The molecule has 0 aliphatic carbocycles. The van der Waals surface area contributed by atoms with Crippen molar-refractivity contribution in [2.45, 2.75) is 33.9 Å². The van der Waals surface area contributed by atoms with Crippen LogP contribution in [0.4, 0.5) is 5.82 Å². The molecule has 0 aliphatic rings. The third-order valence-electron chi connectivity index (χ3n) is 4.47. The van der Waals surface area contributed by atoms with Gasteiger partial charge in [-0.25, -0.2) is 4.79 Å². The number of aromatic amines is 1. The molecule has 4 N–H and O–H groups in total. The Labute approximate surface area is 175 Å². The van der Waals surface area contributed by atoms with Crippen molar-refractivity contribution in [3.8, 4) is 6.01 Å². The standard InChI is InChI=1S/C21H30N6O3/c1-21(2,3)13-23-11-14-6-5-7-15(10-14)12-27-18-16(24-20(27)28)17(22)25-19(26-18)30-9-8-29-4/h5-7,10,23H,8-9,11-13H2,1-4H3,(H,24,28)(H2,22,25,26). The number of benzene rings is 1. The van der Waals surface area contributed by atoms with Gasteiger partial charge in [-0.2, -0.15) is 9.97 Å². The Morgan fingerprint density at radius 3 is 2.70 bits per heavy atom. The number of aromatic nitrogens is 4. The molecular weight excluding hydrogens is 384 g/mol. The zero-order valence-corrected chi connectivity index (χ0v) is 18.0. The maximum atomic E-state index is 12.5. The zero-order chi connectivity index (χ0) is 21.7. The smallest absolute Gasteiger partial charge is 0.328 e. The predicted molar refractivity (Wildman–Crippen MR) is 117 cm³/mol. The second-order valence-corrected chi connectivity index (χ2v) is 8.43. The van der Waals surface area contributed by atoms with Gasteiger partial charge in [0.2, 0.25) is 0 Å². The van der Waals surface area contributed by atoms with Crippen LogP contribution in [0.2, 0.25) is 0 Å². The topological polar surface area (TPSA) is 120 Å². The van der Waals surface area contributed by atoms with Gasteiger partial charge >= 0.3 is 11.7 Å². The highest BCUT2D eigenvalue weighted by Crippen LogP contribution is 2.19. The molecule has 9 nitrogen and oxygen atoms in total. The minimum atomic E-state index is -0.295. The molecule has 0 radical (unpaired) electrons. The molecule has 0 unspecified atom stereocenters. The number of nitrogens with two attached hydrogens (primary N) is 1. The number of H-pyrrole nitrogens is 1. The van der Waals surface area contributed by atoms with Gasteiger partial charge in [0.25, 0.3) is 0 Å². The summed E-state index contributed by atoms with van der Waals surface area (Å²) in [6, 6.07) is 8.25. The molecule has 0 fully saturated rings. The molecule has 2 aromatic heterocycles. The Morgan fingerprint density at radius 2 is 1.97 bits per heavy atom. The van der Waals surface area contributed by atoms with Crippen molar-refractivity contribution in [3.05, 3.63) is 45.9 Å². The SMILES string of the molecule is COCCOc1nc(N)c2[nH]c(=O)n(Cc3cccc(CNCC(C)(C)C)c3)c2n1. The lowest BCUT2D eigenvalue weighted by molar-refractivity contribution is 0.141. The predicted octanol–water partition coefficient (Wildman–Crippen LogP) is 1.91. The summed E-state index contributed by atoms with van der Waals surface area (Å²) in [4.78, 5) is 23.8. The summed E-state index contributed by atoms with van der Waals surface area (Å²) in [7, 11) is 1.58. The van der Waals surface area contributed by atoms with Crippen molar-refractivity contribution >= 4 is 17.0 Å². The van der Waals surface area contributed by atoms with Gasteiger partial charge < -0.3 is 25.5 Å². The number of methoxy groups -OCH3 is 1. The van der Waals surface area contributed by atoms with Crippen LogP contribution in [0.1, 0.15) is 31.9 Å². The van der Waals surface area contributed by atoms with E-state index in [0.717, 1.165) is 24.2 Å². The van der Waals surface area contributed by atoms with E-state index in [-0.39, 0.29) is 22.9 Å². The Bertz CT molecular complexity index is 1050. The summed E-state index contributed by atoms with van der Waals surface area (Å²) < 4.78 is 12.0. The fourth-order valence-corrected chi connectivity index (χ4v) is 3.06. The van der Waals surface area contributed by atoms with Crippen LogP contribution in [0.3, 0.4) is 0 Å². The van der Waals surface area contributed by atoms with Crippen molar-refractivity contribution in [1.82, 2.24) is 24.8 Å². The molecule has 30 heavy (non-hydrogen) atoms. The van der Waals surface area contributed by atoms with E-state index in [1.165, 1.54) is 4.57 Å². The molecule has 2 heterocycles. The second kappa shape index (κ2) is 9.27. The van der Waals surface area contributed by atoms with Crippen LogP contribution >= 0.6 is 0 Å². The number of nitrogens with one attached hydrogen (secondary N) is 2. The lowest BCUT2D eigenvalue weighted by Crippen LogP contribution is -2.26. The highest BCUT2D eigenvalue weighted by atomic mass is 16.5. The first-order valence-electron chi connectivity index (χ1n) is 9.93. The summed E-state index contributed by atoms with van der Waals surface area (Å²) >= 11 is 0. The van der Waals surface area contributed by atoms with Crippen LogP contribution in [0.5, 0.6) is 6.01 Å². The van der Waals surface area contributed by atoms with E-state index < -0.39 is 0 Å². The number of nitrogens with zero attached hydrogens (tertiary/aromatic N) is 3.